The third-order valence-electron chi connectivity index (χ3n) is 3.26. The lowest BCUT2D eigenvalue weighted by Gasteiger charge is -2.17. The van der Waals surface area contributed by atoms with Crippen molar-refractivity contribution in [1.82, 2.24) is 9.88 Å². The van der Waals surface area contributed by atoms with E-state index >= 15 is 0 Å². The van der Waals surface area contributed by atoms with Crippen molar-refractivity contribution in [3.05, 3.63) is 23.9 Å². The first kappa shape index (κ1) is 17.0. The monoisotopic (exact) mass is 336 g/mol. The van der Waals surface area contributed by atoms with E-state index in [-0.39, 0.29) is 24.4 Å². The molecular formula is C13H12F4N2O4. The van der Waals surface area contributed by atoms with Gasteiger partial charge in [0.1, 0.15) is 0 Å². The van der Waals surface area contributed by atoms with Crippen molar-refractivity contribution in [3.8, 4) is 5.88 Å². The third-order valence-corrected chi connectivity index (χ3v) is 3.26. The molecule has 0 spiro atoms. The molecule has 126 valence electrons. The minimum Gasteiger partial charge on any atom is -0.479 e. The first-order valence-corrected chi connectivity index (χ1v) is 6.48. The second-order valence-corrected chi connectivity index (χ2v) is 5.04. The van der Waals surface area contributed by atoms with E-state index in [1.165, 1.54) is 6.07 Å². The summed E-state index contributed by atoms with van der Waals surface area (Å²) in [6.07, 6.45) is -3.84. The van der Waals surface area contributed by atoms with Crippen LogP contribution in [0.4, 0.5) is 17.6 Å². The summed E-state index contributed by atoms with van der Waals surface area (Å²) in [5.41, 5.74) is -2.49. The van der Waals surface area contributed by atoms with Gasteiger partial charge in [-0.3, -0.25) is 4.79 Å². The van der Waals surface area contributed by atoms with Crippen LogP contribution >= 0.6 is 0 Å². The Morgan fingerprint density at radius 3 is 2.57 bits per heavy atom. The Hall–Kier alpha value is -2.39. The standard InChI is InChI=1S/C13H12F4N2O4/c14-12(11(21)22)3-4-19(6-12)10(20)8-1-2-9(18-5-8)23-7-13(15,16)17/h1-2,5H,3-4,6-7H2,(H,21,22). The number of aromatic nitrogens is 1. The fourth-order valence-corrected chi connectivity index (χ4v) is 2.05. The molecule has 10 heteroatoms. The number of halogens is 4. The number of nitrogens with zero attached hydrogens (tertiary/aromatic N) is 2. The Balaban J connectivity index is 2.00. The van der Waals surface area contributed by atoms with Crippen LogP contribution in [-0.4, -0.2) is 58.4 Å². The molecular weight excluding hydrogens is 324 g/mol. The van der Waals surface area contributed by atoms with Crippen LogP contribution in [0, 0.1) is 0 Å². The van der Waals surface area contributed by atoms with Gasteiger partial charge in [0.05, 0.1) is 12.1 Å². The zero-order chi connectivity index (χ0) is 17.3. The van der Waals surface area contributed by atoms with E-state index in [4.69, 9.17) is 5.11 Å². The largest absolute Gasteiger partial charge is 0.479 e. The van der Waals surface area contributed by atoms with Gasteiger partial charge < -0.3 is 14.7 Å². The minimum atomic E-state index is -4.51. The van der Waals surface area contributed by atoms with Gasteiger partial charge in [0, 0.05) is 25.2 Å². The second-order valence-electron chi connectivity index (χ2n) is 5.04. The summed E-state index contributed by atoms with van der Waals surface area (Å²) in [5, 5.41) is 8.77. The number of hydrogen-bond acceptors (Lipinski definition) is 4. The number of carbonyl (C=O) groups excluding carboxylic acids is 1. The van der Waals surface area contributed by atoms with E-state index in [1.54, 1.807) is 0 Å². The zero-order valence-corrected chi connectivity index (χ0v) is 11.6. The molecule has 1 fully saturated rings. The molecule has 0 bridgehead atoms. The van der Waals surface area contributed by atoms with E-state index in [2.05, 4.69) is 9.72 Å². The van der Waals surface area contributed by atoms with E-state index in [9.17, 15) is 27.2 Å². The lowest BCUT2D eigenvalue weighted by atomic mass is 10.1. The molecule has 1 aliphatic rings. The van der Waals surface area contributed by atoms with Gasteiger partial charge in [0.25, 0.3) is 5.91 Å². The quantitative estimate of drug-likeness (QED) is 0.846. The molecule has 1 atom stereocenters. The van der Waals surface area contributed by atoms with Crippen molar-refractivity contribution in [2.24, 2.45) is 0 Å². The highest BCUT2D eigenvalue weighted by Gasteiger charge is 2.47. The molecule has 0 aromatic carbocycles. The molecule has 1 N–H and O–H groups in total. The van der Waals surface area contributed by atoms with Gasteiger partial charge in [-0.15, -0.1) is 0 Å². The van der Waals surface area contributed by atoms with Crippen LogP contribution < -0.4 is 4.74 Å². The number of hydrogen-bond donors (Lipinski definition) is 1. The van der Waals surface area contributed by atoms with Crippen LogP contribution in [0.1, 0.15) is 16.8 Å². The number of amides is 1. The smallest absolute Gasteiger partial charge is 0.422 e. The molecule has 1 aliphatic heterocycles. The number of aliphatic carboxylic acids is 1. The van der Waals surface area contributed by atoms with Gasteiger partial charge in [0.2, 0.25) is 11.5 Å². The maximum Gasteiger partial charge on any atom is 0.422 e. The molecule has 23 heavy (non-hydrogen) atoms. The first-order chi connectivity index (χ1) is 10.6. The van der Waals surface area contributed by atoms with Crippen LogP contribution in [0.5, 0.6) is 5.88 Å². The second kappa shape index (κ2) is 6.01. The van der Waals surface area contributed by atoms with Gasteiger partial charge in [-0.05, 0) is 6.07 Å². The highest BCUT2D eigenvalue weighted by atomic mass is 19.4. The van der Waals surface area contributed by atoms with Crippen LogP contribution in [0.3, 0.4) is 0 Å². The number of carbonyl (C=O) groups is 2. The summed E-state index contributed by atoms with van der Waals surface area (Å²) in [6, 6.07) is 2.26. The number of rotatable bonds is 4. The molecule has 1 saturated heterocycles. The molecule has 0 aliphatic carbocycles. The number of likely N-dealkylation sites (tertiary alicyclic amines) is 1. The summed E-state index contributed by atoms with van der Waals surface area (Å²) in [7, 11) is 0. The first-order valence-electron chi connectivity index (χ1n) is 6.48. The maximum atomic E-state index is 13.9. The Morgan fingerprint density at radius 1 is 1.39 bits per heavy atom. The van der Waals surface area contributed by atoms with Crippen molar-refractivity contribution in [2.45, 2.75) is 18.3 Å². The number of carboxylic acid groups (broad SMARTS) is 1. The third kappa shape index (κ3) is 4.08. The van der Waals surface area contributed by atoms with E-state index in [1.807, 2.05) is 0 Å². The number of alkyl halides is 4. The topological polar surface area (TPSA) is 79.7 Å². The van der Waals surface area contributed by atoms with E-state index < -0.39 is 36.9 Å². The molecule has 0 radical (unpaired) electrons. The SMILES string of the molecule is O=C(c1ccc(OCC(F)(F)F)nc1)N1CCC(F)(C(=O)O)C1. The molecule has 2 rings (SSSR count). The van der Waals surface area contributed by atoms with Gasteiger partial charge in [0.15, 0.2) is 6.61 Å². The summed E-state index contributed by atoms with van der Waals surface area (Å²) in [5.74, 6) is -2.60. The average molecular weight is 336 g/mol. The zero-order valence-electron chi connectivity index (χ0n) is 11.6. The molecule has 1 unspecified atom stereocenters. The maximum absolute atomic E-state index is 13.9. The van der Waals surface area contributed by atoms with Crippen LogP contribution in [0.25, 0.3) is 0 Å². The fourth-order valence-electron chi connectivity index (χ4n) is 2.05. The van der Waals surface area contributed by atoms with Crippen LogP contribution in [0.2, 0.25) is 0 Å². The fraction of sp³-hybridized carbons (Fsp3) is 0.462. The Kier molecular flexibility index (Phi) is 4.44. The summed E-state index contributed by atoms with van der Waals surface area (Å²) in [4.78, 5) is 27.5. The number of carboxylic acids is 1. The van der Waals surface area contributed by atoms with Crippen molar-refractivity contribution in [2.75, 3.05) is 19.7 Å². The summed E-state index contributed by atoms with van der Waals surface area (Å²) < 4.78 is 54.3. The molecule has 6 nitrogen and oxygen atoms in total. The normalized spacial score (nSPS) is 21.3. The Bertz CT molecular complexity index is 605. The van der Waals surface area contributed by atoms with Crippen molar-refractivity contribution in [3.63, 3.8) is 0 Å². The van der Waals surface area contributed by atoms with Crippen molar-refractivity contribution >= 4 is 11.9 Å². The van der Waals surface area contributed by atoms with Crippen molar-refractivity contribution < 1.29 is 37.0 Å². The van der Waals surface area contributed by atoms with Gasteiger partial charge in [-0.25, -0.2) is 14.2 Å². The van der Waals surface area contributed by atoms with Crippen molar-refractivity contribution in [1.29, 1.82) is 0 Å². The lowest BCUT2D eigenvalue weighted by Crippen LogP contribution is -2.38. The van der Waals surface area contributed by atoms with E-state index in [0.717, 1.165) is 17.2 Å². The molecule has 2 heterocycles. The van der Waals surface area contributed by atoms with Gasteiger partial charge >= 0.3 is 12.1 Å². The lowest BCUT2D eigenvalue weighted by molar-refractivity contribution is -0.154. The number of ether oxygens (including phenoxy) is 1. The minimum absolute atomic E-state index is 0.000928. The number of pyridine rings is 1. The van der Waals surface area contributed by atoms with Gasteiger partial charge in [-0.1, -0.05) is 0 Å². The average Bonchev–Trinajstić information content (AvgIpc) is 2.88. The molecule has 0 saturated carbocycles. The van der Waals surface area contributed by atoms with E-state index in [0.29, 0.717) is 0 Å². The highest BCUT2D eigenvalue weighted by Crippen LogP contribution is 2.27. The Morgan fingerprint density at radius 2 is 2.09 bits per heavy atom. The highest BCUT2D eigenvalue weighted by molar-refractivity contribution is 5.95. The van der Waals surface area contributed by atoms with Gasteiger partial charge in [-0.2, -0.15) is 13.2 Å². The Labute approximate surface area is 127 Å². The predicted molar refractivity (Wildman–Crippen MR) is 67.8 cm³/mol. The molecule has 1 aromatic rings. The predicted octanol–water partition coefficient (Wildman–Crippen LogP) is 1.66. The van der Waals surface area contributed by atoms with Crippen LogP contribution in [0.15, 0.2) is 18.3 Å². The molecule has 1 aromatic heterocycles. The van der Waals surface area contributed by atoms with Crippen LogP contribution in [-0.2, 0) is 4.79 Å². The summed E-state index contributed by atoms with van der Waals surface area (Å²) in [6.45, 7) is -2.18. The molecule has 1 amide bonds. The summed E-state index contributed by atoms with van der Waals surface area (Å²) >= 11 is 0.